The van der Waals surface area contributed by atoms with Gasteiger partial charge in [-0.25, -0.2) is 0 Å². The lowest BCUT2D eigenvalue weighted by Gasteiger charge is -2.27. The number of hydrogen-bond donors (Lipinski definition) is 1. The zero-order chi connectivity index (χ0) is 13.2. The second-order valence-corrected chi connectivity index (χ2v) is 5.26. The van der Waals surface area contributed by atoms with Crippen molar-refractivity contribution in [1.29, 1.82) is 0 Å². The molecular weight excluding hydrogens is 274 g/mol. The van der Waals surface area contributed by atoms with Crippen LogP contribution in [-0.2, 0) is 0 Å². The van der Waals surface area contributed by atoms with E-state index in [4.69, 9.17) is 9.47 Å². The third-order valence-corrected chi connectivity index (χ3v) is 3.28. The highest BCUT2D eigenvalue weighted by molar-refractivity contribution is 5.86. The molecule has 3 nitrogen and oxygen atoms in total. The molecule has 0 fully saturated rings. The molecule has 0 amide bonds. The van der Waals surface area contributed by atoms with Gasteiger partial charge in [-0.1, -0.05) is 38.1 Å². The molecule has 1 aliphatic rings. The highest BCUT2D eigenvalue weighted by atomic mass is 35.5. The number of benzene rings is 2. The summed E-state index contributed by atoms with van der Waals surface area (Å²) in [5, 5.41) is 5.74. The Morgan fingerprint density at radius 2 is 1.80 bits per heavy atom. The molecule has 1 aliphatic heterocycles. The largest absolute Gasteiger partial charge is 0.486 e. The first-order valence-corrected chi connectivity index (χ1v) is 6.78. The van der Waals surface area contributed by atoms with Crippen LogP contribution in [0.3, 0.4) is 0 Å². The van der Waals surface area contributed by atoms with Gasteiger partial charge in [0.2, 0.25) is 0 Å². The van der Waals surface area contributed by atoms with E-state index in [0.29, 0.717) is 12.6 Å². The zero-order valence-electron chi connectivity index (χ0n) is 11.8. The Kier molecular flexibility index (Phi) is 4.73. The number of ether oxygens (including phenoxy) is 2. The maximum atomic E-state index is 6.00. The molecule has 4 heteroatoms. The summed E-state index contributed by atoms with van der Waals surface area (Å²) >= 11 is 0. The van der Waals surface area contributed by atoms with Gasteiger partial charge in [-0.3, -0.25) is 0 Å². The maximum absolute atomic E-state index is 6.00. The zero-order valence-corrected chi connectivity index (χ0v) is 12.6. The summed E-state index contributed by atoms with van der Waals surface area (Å²) in [4.78, 5) is 0. The van der Waals surface area contributed by atoms with E-state index in [0.717, 1.165) is 18.0 Å². The Labute approximate surface area is 125 Å². The normalized spacial score (nSPS) is 17.1. The van der Waals surface area contributed by atoms with E-state index in [9.17, 15) is 0 Å². The van der Waals surface area contributed by atoms with Gasteiger partial charge in [-0.15, -0.1) is 12.4 Å². The summed E-state index contributed by atoms with van der Waals surface area (Å²) in [5.41, 5.74) is 0. The van der Waals surface area contributed by atoms with Gasteiger partial charge in [-0.05, 0) is 22.9 Å². The van der Waals surface area contributed by atoms with Crippen LogP contribution >= 0.6 is 12.4 Å². The van der Waals surface area contributed by atoms with E-state index in [1.807, 2.05) is 12.1 Å². The van der Waals surface area contributed by atoms with Crippen LogP contribution in [0, 0.1) is 0 Å². The van der Waals surface area contributed by atoms with Crippen molar-refractivity contribution in [3.63, 3.8) is 0 Å². The fourth-order valence-corrected chi connectivity index (χ4v) is 2.27. The highest BCUT2D eigenvalue weighted by Crippen LogP contribution is 2.35. The van der Waals surface area contributed by atoms with Gasteiger partial charge in [-0.2, -0.15) is 0 Å². The first-order valence-electron chi connectivity index (χ1n) is 6.78. The summed E-state index contributed by atoms with van der Waals surface area (Å²) in [6.07, 6.45) is 0.0797. The van der Waals surface area contributed by atoms with Gasteiger partial charge in [0.1, 0.15) is 12.7 Å². The van der Waals surface area contributed by atoms with Crippen molar-refractivity contribution in [3.05, 3.63) is 36.4 Å². The molecule has 0 radical (unpaired) electrons. The van der Waals surface area contributed by atoms with Gasteiger partial charge >= 0.3 is 0 Å². The summed E-state index contributed by atoms with van der Waals surface area (Å²) in [6.45, 7) is 5.67. The summed E-state index contributed by atoms with van der Waals surface area (Å²) in [6, 6.07) is 12.8. The van der Waals surface area contributed by atoms with Gasteiger partial charge in [0.25, 0.3) is 0 Å². The van der Waals surface area contributed by atoms with Crippen molar-refractivity contribution >= 4 is 23.2 Å². The van der Waals surface area contributed by atoms with E-state index in [-0.39, 0.29) is 18.5 Å². The van der Waals surface area contributed by atoms with Gasteiger partial charge in [0, 0.05) is 12.6 Å². The van der Waals surface area contributed by atoms with Crippen molar-refractivity contribution in [1.82, 2.24) is 5.32 Å². The first-order chi connectivity index (χ1) is 9.22. The first kappa shape index (κ1) is 14.9. The number of nitrogens with one attached hydrogen (secondary N) is 1. The molecule has 2 aromatic rings. The summed E-state index contributed by atoms with van der Waals surface area (Å²) in [5.74, 6) is 1.69. The predicted molar refractivity (Wildman–Crippen MR) is 84.2 cm³/mol. The Morgan fingerprint density at radius 1 is 1.15 bits per heavy atom. The molecule has 2 aromatic carbocycles. The molecule has 0 spiro atoms. The molecule has 0 saturated heterocycles. The smallest absolute Gasteiger partial charge is 0.162 e. The predicted octanol–water partition coefficient (Wildman–Crippen LogP) is 3.40. The molecule has 0 aliphatic carbocycles. The lowest BCUT2D eigenvalue weighted by Crippen LogP contribution is -2.40. The molecule has 20 heavy (non-hydrogen) atoms. The van der Waals surface area contributed by atoms with Crippen molar-refractivity contribution in [2.45, 2.75) is 26.0 Å². The van der Waals surface area contributed by atoms with Crippen molar-refractivity contribution in [3.8, 4) is 11.5 Å². The molecule has 0 saturated carbocycles. The van der Waals surface area contributed by atoms with E-state index in [1.165, 1.54) is 10.8 Å². The van der Waals surface area contributed by atoms with Crippen LogP contribution in [-0.4, -0.2) is 25.3 Å². The van der Waals surface area contributed by atoms with Gasteiger partial charge < -0.3 is 14.8 Å². The quantitative estimate of drug-likeness (QED) is 0.941. The standard InChI is InChI=1S/C16H19NO2.ClH/c1-11(2)17-9-14-10-18-15-7-12-5-3-4-6-13(12)8-16(15)19-14;/h3-8,11,14,17H,9-10H2,1-2H3;1H. The fourth-order valence-electron chi connectivity index (χ4n) is 2.27. The van der Waals surface area contributed by atoms with Crippen LogP contribution in [0.5, 0.6) is 11.5 Å². The maximum Gasteiger partial charge on any atom is 0.162 e. The molecule has 1 unspecified atom stereocenters. The van der Waals surface area contributed by atoms with Gasteiger partial charge in [0.15, 0.2) is 11.5 Å². The van der Waals surface area contributed by atoms with Crippen LogP contribution in [0.15, 0.2) is 36.4 Å². The third kappa shape index (κ3) is 3.17. The molecule has 0 bridgehead atoms. The molecule has 1 atom stereocenters. The number of halogens is 1. The minimum absolute atomic E-state index is 0. The number of hydrogen-bond acceptors (Lipinski definition) is 3. The lowest BCUT2D eigenvalue weighted by atomic mass is 10.1. The lowest BCUT2D eigenvalue weighted by molar-refractivity contribution is 0.0894. The molecular formula is C16H20ClNO2. The highest BCUT2D eigenvalue weighted by Gasteiger charge is 2.21. The van der Waals surface area contributed by atoms with E-state index in [1.54, 1.807) is 0 Å². The Balaban J connectivity index is 0.00000147. The van der Waals surface area contributed by atoms with Crippen molar-refractivity contribution < 1.29 is 9.47 Å². The van der Waals surface area contributed by atoms with Crippen molar-refractivity contribution in [2.75, 3.05) is 13.2 Å². The minimum atomic E-state index is 0. The summed E-state index contributed by atoms with van der Waals surface area (Å²) < 4.78 is 11.8. The molecule has 108 valence electrons. The second-order valence-electron chi connectivity index (χ2n) is 5.26. The SMILES string of the molecule is CC(C)NCC1COc2cc3ccccc3cc2O1.Cl. The van der Waals surface area contributed by atoms with Crippen molar-refractivity contribution in [2.24, 2.45) is 0 Å². The Hall–Kier alpha value is -1.45. The molecule has 1 N–H and O–H groups in total. The van der Waals surface area contributed by atoms with E-state index >= 15 is 0 Å². The van der Waals surface area contributed by atoms with Crippen LogP contribution in [0.25, 0.3) is 10.8 Å². The average Bonchev–Trinajstić information content (AvgIpc) is 2.42. The van der Waals surface area contributed by atoms with Crippen LogP contribution < -0.4 is 14.8 Å². The fraction of sp³-hybridized carbons (Fsp3) is 0.375. The van der Waals surface area contributed by atoms with Crippen LogP contribution in [0.4, 0.5) is 0 Å². The van der Waals surface area contributed by atoms with E-state index in [2.05, 4.69) is 43.4 Å². The van der Waals surface area contributed by atoms with E-state index < -0.39 is 0 Å². The third-order valence-electron chi connectivity index (χ3n) is 3.28. The minimum Gasteiger partial charge on any atom is -0.486 e. The average molecular weight is 294 g/mol. The molecule has 1 heterocycles. The number of fused-ring (bicyclic) bond motifs is 2. The van der Waals surface area contributed by atoms with Gasteiger partial charge in [0.05, 0.1) is 0 Å². The molecule has 3 rings (SSSR count). The number of rotatable bonds is 3. The topological polar surface area (TPSA) is 30.5 Å². The second kappa shape index (κ2) is 6.33. The van der Waals surface area contributed by atoms with Crippen LogP contribution in [0.1, 0.15) is 13.8 Å². The Bertz CT molecular complexity index is 586. The Morgan fingerprint density at radius 3 is 2.45 bits per heavy atom. The summed E-state index contributed by atoms with van der Waals surface area (Å²) in [7, 11) is 0. The van der Waals surface area contributed by atoms with Crippen LogP contribution in [0.2, 0.25) is 0 Å². The molecule has 0 aromatic heterocycles. The monoisotopic (exact) mass is 293 g/mol.